The number of rotatable bonds is 6. The molecule has 160 valence electrons. The number of carbonyl (C=O) groups excluding carboxylic acids is 1. The Morgan fingerprint density at radius 3 is 2.21 bits per heavy atom. The van der Waals surface area contributed by atoms with Crippen LogP contribution >= 0.6 is 0 Å². The summed E-state index contributed by atoms with van der Waals surface area (Å²) in [6, 6.07) is 11.5. The van der Waals surface area contributed by atoms with Gasteiger partial charge in [-0.25, -0.2) is 0 Å². The minimum absolute atomic E-state index is 0.398. The fourth-order valence-electron chi connectivity index (χ4n) is 5.48. The summed E-state index contributed by atoms with van der Waals surface area (Å²) in [5.74, 6) is 1.87. The smallest absolute Gasteiger partial charge is 0.222 e. The van der Waals surface area contributed by atoms with Crippen LogP contribution in [0, 0.1) is 11.8 Å². The third kappa shape index (κ3) is 6.05. The summed E-state index contributed by atoms with van der Waals surface area (Å²) in [6.45, 7) is 6.21. The maximum atomic E-state index is 12.7. The molecule has 0 aliphatic carbocycles. The Hall–Kier alpha value is -1.39. The van der Waals surface area contributed by atoms with E-state index >= 15 is 0 Å². The van der Waals surface area contributed by atoms with Crippen molar-refractivity contribution in [2.24, 2.45) is 11.8 Å². The second-order valence-corrected chi connectivity index (χ2v) is 9.38. The average molecular weight is 399 g/mol. The first-order chi connectivity index (χ1) is 14.3. The van der Waals surface area contributed by atoms with E-state index in [9.17, 15) is 4.79 Å². The summed E-state index contributed by atoms with van der Waals surface area (Å²) < 4.78 is 5.50. The van der Waals surface area contributed by atoms with Gasteiger partial charge < -0.3 is 14.5 Å². The fourth-order valence-corrected chi connectivity index (χ4v) is 5.48. The van der Waals surface area contributed by atoms with Crippen LogP contribution in [0.2, 0.25) is 0 Å². The van der Waals surface area contributed by atoms with Gasteiger partial charge in [-0.1, -0.05) is 30.3 Å². The van der Waals surface area contributed by atoms with Crippen LogP contribution in [0.15, 0.2) is 30.3 Å². The van der Waals surface area contributed by atoms with Crippen LogP contribution in [-0.2, 0) is 16.0 Å². The zero-order valence-electron chi connectivity index (χ0n) is 17.9. The molecule has 3 aliphatic rings. The quantitative estimate of drug-likeness (QED) is 0.722. The lowest BCUT2D eigenvalue weighted by molar-refractivity contribution is -0.133. The Kier molecular flexibility index (Phi) is 7.61. The summed E-state index contributed by atoms with van der Waals surface area (Å²) in [4.78, 5) is 17.5. The number of hydrogen-bond acceptors (Lipinski definition) is 3. The van der Waals surface area contributed by atoms with E-state index < -0.39 is 0 Å². The number of hydrogen-bond donors (Lipinski definition) is 0. The summed E-state index contributed by atoms with van der Waals surface area (Å²) in [6.07, 6.45) is 10.2. The van der Waals surface area contributed by atoms with Crippen LogP contribution in [0.5, 0.6) is 0 Å². The molecule has 0 unspecified atom stereocenters. The van der Waals surface area contributed by atoms with Crippen LogP contribution in [0.4, 0.5) is 0 Å². The van der Waals surface area contributed by atoms with Gasteiger partial charge in [-0.2, -0.15) is 0 Å². The molecule has 0 atom stereocenters. The number of nitrogens with zero attached hydrogens (tertiary/aromatic N) is 2. The minimum atomic E-state index is 0.398. The van der Waals surface area contributed by atoms with Gasteiger partial charge >= 0.3 is 0 Å². The molecule has 3 aliphatic heterocycles. The topological polar surface area (TPSA) is 32.8 Å². The second-order valence-electron chi connectivity index (χ2n) is 9.38. The van der Waals surface area contributed by atoms with Crippen molar-refractivity contribution in [1.82, 2.24) is 9.80 Å². The molecule has 4 nitrogen and oxygen atoms in total. The molecule has 3 saturated heterocycles. The molecular formula is C25H38N2O2. The van der Waals surface area contributed by atoms with Crippen molar-refractivity contribution >= 4 is 5.91 Å². The maximum absolute atomic E-state index is 12.7. The van der Waals surface area contributed by atoms with Gasteiger partial charge in [-0.3, -0.25) is 4.79 Å². The van der Waals surface area contributed by atoms with E-state index in [1.807, 2.05) is 0 Å². The molecule has 0 bridgehead atoms. The predicted octanol–water partition coefficient (Wildman–Crippen LogP) is 4.14. The van der Waals surface area contributed by atoms with Crippen molar-refractivity contribution in [1.29, 1.82) is 0 Å². The Morgan fingerprint density at radius 2 is 1.52 bits per heavy atom. The van der Waals surface area contributed by atoms with Crippen molar-refractivity contribution in [2.45, 2.75) is 63.8 Å². The van der Waals surface area contributed by atoms with Gasteiger partial charge in [0.05, 0.1) is 0 Å². The summed E-state index contributed by atoms with van der Waals surface area (Å²) >= 11 is 0. The van der Waals surface area contributed by atoms with Crippen molar-refractivity contribution in [3.8, 4) is 0 Å². The standard InChI is InChI=1S/C25H38N2O2/c28-25(27-16-10-23(11-17-27)20-22-4-2-1-3-5-22)7-6-21-8-14-26(15-9-21)24-12-18-29-19-13-24/h1-5,21,23-24H,6-20H2. The van der Waals surface area contributed by atoms with E-state index in [4.69, 9.17) is 4.74 Å². The number of ether oxygens (including phenoxy) is 1. The van der Waals surface area contributed by atoms with E-state index in [1.54, 1.807) is 0 Å². The number of amides is 1. The number of carbonyl (C=O) groups is 1. The Labute approximate surface area is 176 Å². The lowest BCUT2D eigenvalue weighted by Gasteiger charge is -2.39. The average Bonchev–Trinajstić information content (AvgIpc) is 2.80. The van der Waals surface area contributed by atoms with E-state index in [1.165, 1.54) is 44.3 Å². The van der Waals surface area contributed by atoms with Crippen molar-refractivity contribution in [3.05, 3.63) is 35.9 Å². The highest BCUT2D eigenvalue weighted by Crippen LogP contribution is 2.27. The normalized spacial score (nSPS) is 23.4. The molecule has 1 aromatic rings. The molecule has 3 heterocycles. The lowest BCUT2D eigenvalue weighted by Crippen LogP contribution is -2.44. The summed E-state index contributed by atoms with van der Waals surface area (Å²) in [5.41, 5.74) is 1.43. The first kappa shape index (κ1) is 20.9. The largest absolute Gasteiger partial charge is 0.381 e. The van der Waals surface area contributed by atoms with Gasteiger partial charge in [0.15, 0.2) is 0 Å². The van der Waals surface area contributed by atoms with Gasteiger partial charge in [0.1, 0.15) is 0 Å². The van der Waals surface area contributed by atoms with Crippen LogP contribution in [0.3, 0.4) is 0 Å². The molecule has 4 rings (SSSR count). The second kappa shape index (κ2) is 10.6. The minimum Gasteiger partial charge on any atom is -0.381 e. The van der Waals surface area contributed by atoms with E-state index in [-0.39, 0.29) is 0 Å². The van der Waals surface area contributed by atoms with Crippen molar-refractivity contribution in [2.75, 3.05) is 39.4 Å². The van der Waals surface area contributed by atoms with Crippen molar-refractivity contribution < 1.29 is 9.53 Å². The number of likely N-dealkylation sites (tertiary alicyclic amines) is 2. The fraction of sp³-hybridized carbons (Fsp3) is 0.720. The van der Waals surface area contributed by atoms with E-state index in [2.05, 4.69) is 40.1 Å². The predicted molar refractivity (Wildman–Crippen MR) is 117 cm³/mol. The lowest BCUT2D eigenvalue weighted by atomic mass is 9.89. The maximum Gasteiger partial charge on any atom is 0.222 e. The molecule has 0 radical (unpaired) electrons. The highest BCUT2D eigenvalue weighted by atomic mass is 16.5. The highest BCUT2D eigenvalue weighted by molar-refractivity contribution is 5.76. The Balaban J connectivity index is 1.12. The number of benzene rings is 1. The zero-order chi connectivity index (χ0) is 19.9. The summed E-state index contributed by atoms with van der Waals surface area (Å²) in [5, 5.41) is 0. The van der Waals surface area contributed by atoms with E-state index in [0.29, 0.717) is 5.91 Å². The molecular weight excluding hydrogens is 360 g/mol. The van der Waals surface area contributed by atoms with Crippen LogP contribution in [-0.4, -0.2) is 61.1 Å². The Morgan fingerprint density at radius 1 is 0.862 bits per heavy atom. The molecule has 0 aromatic heterocycles. The molecule has 3 fully saturated rings. The van der Waals surface area contributed by atoms with E-state index in [0.717, 1.165) is 76.3 Å². The summed E-state index contributed by atoms with van der Waals surface area (Å²) in [7, 11) is 0. The van der Waals surface area contributed by atoms with Crippen molar-refractivity contribution in [3.63, 3.8) is 0 Å². The van der Waals surface area contributed by atoms with Gasteiger partial charge in [0.2, 0.25) is 5.91 Å². The molecule has 1 amide bonds. The van der Waals surface area contributed by atoms with Gasteiger partial charge in [-0.05, 0) is 81.9 Å². The monoisotopic (exact) mass is 398 g/mol. The van der Waals surface area contributed by atoms with Crippen LogP contribution < -0.4 is 0 Å². The first-order valence-corrected chi connectivity index (χ1v) is 11.9. The first-order valence-electron chi connectivity index (χ1n) is 11.9. The van der Waals surface area contributed by atoms with Crippen LogP contribution in [0.1, 0.15) is 56.9 Å². The molecule has 29 heavy (non-hydrogen) atoms. The molecule has 0 N–H and O–H groups in total. The van der Waals surface area contributed by atoms with Crippen LogP contribution in [0.25, 0.3) is 0 Å². The molecule has 4 heteroatoms. The molecule has 1 aromatic carbocycles. The molecule has 0 spiro atoms. The molecule has 0 saturated carbocycles. The SMILES string of the molecule is O=C(CCC1CCN(C2CCOCC2)CC1)N1CCC(Cc2ccccc2)CC1. The zero-order valence-corrected chi connectivity index (χ0v) is 17.9. The Bertz CT molecular complexity index is 613. The van der Waals surface area contributed by atoms with Gasteiger partial charge in [0.25, 0.3) is 0 Å². The highest BCUT2D eigenvalue weighted by Gasteiger charge is 2.28. The third-order valence-corrected chi connectivity index (χ3v) is 7.46. The third-order valence-electron chi connectivity index (χ3n) is 7.46. The number of piperidine rings is 2. The van der Waals surface area contributed by atoms with Gasteiger partial charge in [-0.15, -0.1) is 0 Å². The van der Waals surface area contributed by atoms with Gasteiger partial charge in [0, 0.05) is 38.8 Å².